The third-order valence-corrected chi connectivity index (χ3v) is 3.11. The Morgan fingerprint density at radius 2 is 2.13 bits per heavy atom. The minimum absolute atomic E-state index is 0.165. The Hall–Kier alpha value is -0.820. The fraction of sp³-hybridized carbons (Fsp3) is 0.727. The number of hydrogen-bond donors (Lipinski definition) is 2. The number of rotatable bonds is 5. The Labute approximate surface area is 97.5 Å². The number of thioether (sulfide) groups is 1. The van der Waals surface area contributed by atoms with Gasteiger partial charge in [0.1, 0.15) is 0 Å². The Kier molecular flexibility index (Phi) is 7.06. The predicted molar refractivity (Wildman–Crippen MR) is 70.4 cm³/mol. The monoisotopic (exact) mass is 227 g/mol. The van der Waals surface area contributed by atoms with Crippen LogP contribution in [0.5, 0.6) is 0 Å². The van der Waals surface area contributed by atoms with Crippen LogP contribution in [0.1, 0.15) is 20.8 Å². The summed E-state index contributed by atoms with van der Waals surface area (Å²) in [4.78, 5) is 4.47. The highest BCUT2D eigenvalue weighted by Crippen LogP contribution is 2.20. The molecule has 15 heavy (non-hydrogen) atoms. The zero-order valence-corrected chi connectivity index (χ0v) is 10.9. The zero-order valence-electron chi connectivity index (χ0n) is 10.1. The van der Waals surface area contributed by atoms with Gasteiger partial charge in [-0.25, -0.2) is 0 Å². The molecule has 0 saturated heterocycles. The normalized spacial score (nSPS) is 12.1. The van der Waals surface area contributed by atoms with E-state index >= 15 is 0 Å². The molecule has 0 unspecified atom stereocenters. The van der Waals surface area contributed by atoms with E-state index in [1.165, 1.54) is 0 Å². The molecule has 0 spiro atoms. The Morgan fingerprint density at radius 1 is 1.47 bits per heavy atom. The number of terminal acetylenes is 1. The molecule has 0 rings (SSSR count). The summed E-state index contributed by atoms with van der Waals surface area (Å²) in [6.45, 7) is 8.50. The van der Waals surface area contributed by atoms with Crippen LogP contribution >= 0.6 is 11.8 Å². The molecule has 0 saturated carbocycles. The third-order valence-electron chi connectivity index (χ3n) is 1.87. The summed E-state index contributed by atoms with van der Waals surface area (Å²) in [6, 6.07) is 0. The van der Waals surface area contributed by atoms with Gasteiger partial charge < -0.3 is 10.6 Å². The predicted octanol–water partition coefficient (Wildman–Crippen LogP) is 1.32. The molecule has 2 N–H and O–H groups in total. The van der Waals surface area contributed by atoms with Crippen LogP contribution in [0.15, 0.2) is 4.99 Å². The van der Waals surface area contributed by atoms with Crippen molar-refractivity contribution in [3.05, 3.63) is 0 Å². The zero-order chi connectivity index (χ0) is 11.7. The molecule has 0 aliphatic heterocycles. The first kappa shape index (κ1) is 14.2. The highest BCUT2D eigenvalue weighted by Gasteiger charge is 2.15. The molecule has 4 heteroatoms. The highest BCUT2D eigenvalue weighted by molar-refractivity contribution is 7.99. The van der Waals surface area contributed by atoms with E-state index in [2.05, 4.69) is 41.6 Å². The molecule has 0 aliphatic rings. The minimum Gasteiger partial charge on any atom is -0.357 e. The molecular weight excluding hydrogens is 206 g/mol. The molecule has 86 valence electrons. The van der Waals surface area contributed by atoms with Crippen molar-refractivity contribution in [3.8, 4) is 12.3 Å². The van der Waals surface area contributed by atoms with Gasteiger partial charge in [-0.05, 0) is 27.0 Å². The van der Waals surface area contributed by atoms with Gasteiger partial charge in [0, 0.05) is 11.3 Å². The number of nitrogens with one attached hydrogen (secondary N) is 2. The minimum atomic E-state index is 0.165. The Bertz CT molecular complexity index is 241. The summed E-state index contributed by atoms with van der Waals surface area (Å²) in [6.07, 6.45) is 7.28. The van der Waals surface area contributed by atoms with Crippen molar-refractivity contribution in [2.75, 3.05) is 25.9 Å². The first-order valence-corrected chi connectivity index (χ1v) is 6.29. The van der Waals surface area contributed by atoms with Gasteiger partial charge in [0.2, 0.25) is 0 Å². The van der Waals surface area contributed by atoms with Crippen LogP contribution in [0, 0.1) is 12.3 Å². The van der Waals surface area contributed by atoms with E-state index in [4.69, 9.17) is 6.42 Å². The summed E-state index contributed by atoms with van der Waals surface area (Å²) in [5.41, 5.74) is 0. The second-order valence-corrected chi connectivity index (χ2v) is 5.23. The smallest absolute Gasteiger partial charge is 0.192 e. The van der Waals surface area contributed by atoms with E-state index in [9.17, 15) is 0 Å². The average molecular weight is 227 g/mol. The van der Waals surface area contributed by atoms with Gasteiger partial charge in [0.05, 0.1) is 13.1 Å². The topological polar surface area (TPSA) is 36.4 Å². The maximum absolute atomic E-state index is 5.18. The van der Waals surface area contributed by atoms with Crippen molar-refractivity contribution in [2.24, 2.45) is 4.99 Å². The van der Waals surface area contributed by atoms with Crippen LogP contribution in [0.3, 0.4) is 0 Å². The summed E-state index contributed by atoms with van der Waals surface area (Å²) in [5.74, 6) is 3.32. The number of aliphatic imine (C=N–C) groups is 1. The summed E-state index contributed by atoms with van der Waals surface area (Å²) >= 11 is 1.81. The molecular formula is C11H21N3S. The largest absolute Gasteiger partial charge is 0.357 e. The van der Waals surface area contributed by atoms with Crippen LogP contribution < -0.4 is 10.6 Å². The average Bonchev–Trinajstić information content (AvgIpc) is 2.22. The number of nitrogens with zero attached hydrogens (tertiary/aromatic N) is 1. The van der Waals surface area contributed by atoms with Crippen LogP contribution in [-0.4, -0.2) is 36.6 Å². The SMILES string of the molecule is C#CCNC(=NCC(C)(C)SC)NCC. The van der Waals surface area contributed by atoms with E-state index in [-0.39, 0.29) is 4.75 Å². The molecule has 0 aromatic rings. The maximum Gasteiger partial charge on any atom is 0.192 e. The lowest BCUT2D eigenvalue weighted by atomic mass is 10.2. The highest BCUT2D eigenvalue weighted by atomic mass is 32.2. The van der Waals surface area contributed by atoms with E-state index < -0.39 is 0 Å². The molecule has 0 bridgehead atoms. The Morgan fingerprint density at radius 3 is 2.60 bits per heavy atom. The fourth-order valence-corrected chi connectivity index (χ4v) is 1.00. The van der Waals surface area contributed by atoms with Gasteiger partial charge in [-0.15, -0.1) is 6.42 Å². The molecule has 0 fully saturated rings. The second-order valence-electron chi connectivity index (χ2n) is 3.72. The van der Waals surface area contributed by atoms with Crippen molar-refractivity contribution in [1.82, 2.24) is 10.6 Å². The van der Waals surface area contributed by atoms with E-state index in [1.807, 2.05) is 18.7 Å². The summed E-state index contributed by atoms with van der Waals surface area (Å²) < 4.78 is 0.165. The molecule has 3 nitrogen and oxygen atoms in total. The van der Waals surface area contributed by atoms with Gasteiger partial charge in [0.15, 0.2) is 5.96 Å². The van der Waals surface area contributed by atoms with Crippen molar-refractivity contribution in [3.63, 3.8) is 0 Å². The molecule has 0 aliphatic carbocycles. The fourth-order valence-electron chi connectivity index (χ4n) is 0.810. The second kappa shape index (κ2) is 7.47. The van der Waals surface area contributed by atoms with E-state index in [1.54, 1.807) is 0 Å². The van der Waals surface area contributed by atoms with Crippen molar-refractivity contribution >= 4 is 17.7 Å². The van der Waals surface area contributed by atoms with Crippen LogP contribution in [0.25, 0.3) is 0 Å². The van der Waals surface area contributed by atoms with Crippen LogP contribution in [-0.2, 0) is 0 Å². The molecule has 0 aromatic carbocycles. The van der Waals surface area contributed by atoms with E-state index in [0.29, 0.717) is 6.54 Å². The van der Waals surface area contributed by atoms with Crippen molar-refractivity contribution in [1.29, 1.82) is 0 Å². The first-order valence-electron chi connectivity index (χ1n) is 5.06. The summed E-state index contributed by atoms with van der Waals surface area (Å²) in [7, 11) is 0. The number of guanidine groups is 1. The van der Waals surface area contributed by atoms with Crippen molar-refractivity contribution < 1.29 is 0 Å². The molecule has 0 heterocycles. The third kappa shape index (κ3) is 7.15. The van der Waals surface area contributed by atoms with Gasteiger partial charge >= 0.3 is 0 Å². The maximum atomic E-state index is 5.18. The summed E-state index contributed by atoms with van der Waals surface area (Å²) in [5, 5.41) is 6.21. The van der Waals surface area contributed by atoms with Gasteiger partial charge in [-0.2, -0.15) is 11.8 Å². The molecule has 0 amide bonds. The lowest BCUT2D eigenvalue weighted by Crippen LogP contribution is -2.38. The lowest BCUT2D eigenvalue weighted by molar-refractivity contribution is 0.715. The molecule has 0 aromatic heterocycles. The van der Waals surface area contributed by atoms with Crippen molar-refractivity contribution in [2.45, 2.75) is 25.5 Å². The lowest BCUT2D eigenvalue weighted by Gasteiger charge is -2.20. The van der Waals surface area contributed by atoms with Gasteiger partial charge in [-0.3, -0.25) is 4.99 Å². The van der Waals surface area contributed by atoms with Gasteiger partial charge in [-0.1, -0.05) is 5.92 Å². The molecule has 0 atom stereocenters. The van der Waals surface area contributed by atoms with Gasteiger partial charge in [0.25, 0.3) is 0 Å². The van der Waals surface area contributed by atoms with Crippen LogP contribution in [0.2, 0.25) is 0 Å². The standard InChI is InChI=1S/C11H21N3S/c1-6-8-13-10(12-7-2)14-9-11(3,4)15-5/h1H,7-9H2,2-5H3,(H2,12,13,14). The van der Waals surface area contributed by atoms with Crippen LogP contribution in [0.4, 0.5) is 0 Å². The molecule has 0 radical (unpaired) electrons. The number of hydrogen-bond acceptors (Lipinski definition) is 2. The van der Waals surface area contributed by atoms with E-state index in [0.717, 1.165) is 19.0 Å². The first-order chi connectivity index (χ1) is 7.05. The Balaban J connectivity index is 4.22. The quantitative estimate of drug-likeness (QED) is 0.422.